The zero-order valence-corrected chi connectivity index (χ0v) is 19.9. The molecule has 33 heavy (non-hydrogen) atoms. The Balaban J connectivity index is 1.40. The van der Waals surface area contributed by atoms with Crippen LogP contribution in [-0.2, 0) is 10.8 Å². The number of nitrogens with zero attached hydrogens (tertiary/aromatic N) is 4. The average Bonchev–Trinajstić information content (AvgIpc) is 2.83. The van der Waals surface area contributed by atoms with Gasteiger partial charge in [-0.3, -0.25) is 4.21 Å². The number of anilines is 3. The molecule has 3 aliphatic rings. The van der Waals surface area contributed by atoms with Crippen LogP contribution in [0.5, 0.6) is 0 Å². The van der Waals surface area contributed by atoms with E-state index in [2.05, 4.69) is 33.2 Å². The topological polar surface area (TPSA) is 81.6 Å². The van der Waals surface area contributed by atoms with E-state index in [1.165, 1.54) is 5.56 Å². The molecule has 0 bridgehead atoms. The number of rotatable bonds is 5. The summed E-state index contributed by atoms with van der Waals surface area (Å²) >= 11 is 0. The predicted molar refractivity (Wildman–Crippen MR) is 132 cm³/mol. The van der Waals surface area contributed by atoms with Crippen LogP contribution in [0.2, 0.25) is 0 Å². The van der Waals surface area contributed by atoms with Crippen molar-refractivity contribution < 1.29 is 9.32 Å². The molecule has 1 aliphatic carbocycles. The van der Waals surface area contributed by atoms with Gasteiger partial charge in [-0.25, -0.2) is 0 Å². The fourth-order valence-corrected chi connectivity index (χ4v) is 6.35. The van der Waals surface area contributed by atoms with Crippen LogP contribution < -0.4 is 15.1 Å². The second-order valence-corrected chi connectivity index (χ2v) is 10.9. The summed E-state index contributed by atoms with van der Waals surface area (Å²) < 4.78 is 12.9. The van der Waals surface area contributed by atoms with Crippen molar-refractivity contribution in [2.24, 2.45) is 0 Å². The van der Waals surface area contributed by atoms with E-state index in [-0.39, 0.29) is 12.1 Å². The molecule has 0 spiro atoms. The third-order valence-electron chi connectivity index (χ3n) is 7.36. The molecule has 2 fully saturated rings. The molecule has 1 aromatic carbocycles. The SMILES string of the molecule is C#Cc1ccc(C2CCN(c3nc(NC4(CO)CCC4)c4c(n3)N(C)CC[S@]4=O)CC2)cc1. The van der Waals surface area contributed by atoms with Gasteiger partial charge in [0.2, 0.25) is 5.95 Å². The number of hydrogen-bond donors (Lipinski definition) is 2. The molecule has 1 aromatic heterocycles. The molecule has 0 radical (unpaired) electrons. The van der Waals surface area contributed by atoms with Gasteiger partial charge in [-0.15, -0.1) is 6.42 Å². The summed E-state index contributed by atoms with van der Waals surface area (Å²) in [6.45, 7) is 2.47. The van der Waals surface area contributed by atoms with Gasteiger partial charge < -0.3 is 20.2 Å². The molecule has 7 nitrogen and oxygen atoms in total. The van der Waals surface area contributed by atoms with E-state index in [1.54, 1.807) is 0 Å². The first-order valence-electron chi connectivity index (χ1n) is 11.7. The van der Waals surface area contributed by atoms with E-state index in [1.807, 2.05) is 19.2 Å². The maximum atomic E-state index is 12.9. The van der Waals surface area contributed by atoms with Gasteiger partial charge in [0.05, 0.1) is 22.9 Å². The van der Waals surface area contributed by atoms with E-state index >= 15 is 0 Å². The molecule has 5 rings (SSSR count). The van der Waals surface area contributed by atoms with Crippen molar-refractivity contribution in [3.8, 4) is 12.3 Å². The first-order chi connectivity index (χ1) is 16.0. The average molecular weight is 466 g/mol. The van der Waals surface area contributed by atoms with Gasteiger partial charge in [0.15, 0.2) is 11.6 Å². The first kappa shape index (κ1) is 22.2. The number of benzene rings is 1. The number of nitrogens with one attached hydrogen (secondary N) is 1. The maximum Gasteiger partial charge on any atom is 0.229 e. The molecular formula is C25H31N5O2S. The third kappa shape index (κ3) is 4.20. The Hall–Kier alpha value is -2.63. The summed E-state index contributed by atoms with van der Waals surface area (Å²) in [4.78, 5) is 14.7. The van der Waals surface area contributed by atoms with Gasteiger partial charge >= 0.3 is 0 Å². The Morgan fingerprint density at radius 1 is 1.21 bits per heavy atom. The van der Waals surface area contributed by atoms with Gasteiger partial charge in [0.1, 0.15) is 4.90 Å². The first-order valence-corrected chi connectivity index (χ1v) is 13.1. The van der Waals surface area contributed by atoms with Crippen molar-refractivity contribution in [1.29, 1.82) is 0 Å². The van der Waals surface area contributed by atoms with Crippen molar-refractivity contribution in [2.45, 2.75) is 48.5 Å². The lowest BCUT2D eigenvalue weighted by Crippen LogP contribution is -2.49. The standard InChI is InChI=1S/C25H31N5O2S/c1-3-18-5-7-19(8-6-18)20-9-13-30(14-10-20)24-26-22(28-25(17-31)11-4-12-25)21-23(27-24)29(2)15-16-33(21)32/h1,5-8,20,31H,4,9-17H2,2H3,(H,26,27,28)/t33-/m1/s1. The van der Waals surface area contributed by atoms with Crippen LogP contribution >= 0.6 is 0 Å². The van der Waals surface area contributed by atoms with Crippen molar-refractivity contribution in [3.63, 3.8) is 0 Å². The van der Waals surface area contributed by atoms with Crippen LogP contribution in [0.4, 0.5) is 17.6 Å². The number of hydrogen-bond acceptors (Lipinski definition) is 7. The fourth-order valence-electron chi connectivity index (χ4n) is 4.99. The molecule has 3 heterocycles. The van der Waals surface area contributed by atoms with Crippen LogP contribution in [0.15, 0.2) is 29.2 Å². The van der Waals surface area contributed by atoms with E-state index in [0.717, 1.165) is 56.6 Å². The lowest BCUT2D eigenvalue weighted by atomic mass is 9.77. The van der Waals surface area contributed by atoms with Crippen LogP contribution in [-0.4, -0.2) is 63.9 Å². The Kier molecular flexibility index (Phi) is 6.02. The quantitative estimate of drug-likeness (QED) is 0.657. The van der Waals surface area contributed by atoms with Gasteiger partial charge in [-0.05, 0) is 55.7 Å². The van der Waals surface area contributed by atoms with Gasteiger partial charge in [0, 0.05) is 38.0 Å². The highest BCUT2D eigenvalue weighted by atomic mass is 32.2. The van der Waals surface area contributed by atoms with E-state index < -0.39 is 10.8 Å². The van der Waals surface area contributed by atoms with Crippen molar-refractivity contribution in [2.75, 3.05) is 54.2 Å². The monoisotopic (exact) mass is 465 g/mol. The lowest BCUT2D eigenvalue weighted by molar-refractivity contribution is 0.143. The Labute approximate surface area is 198 Å². The molecule has 2 aromatic rings. The normalized spacial score (nSPS) is 22.3. The summed E-state index contributed by atoms with van der Waals surface area (Å²) in [6, 6.07) is 8.31. The maximum absolute atomic E-state index is 12.9. The Bertz CT molecular complexity index is 1080. The number of aliphatic hydroxyl groups is 1. The summed E-state index contributed by atoms with van der Waals surface area (Å²) in [5.41, 5.74) is 1.87. The number of terminal acetylenes is 1. The summed E-state index contributed by atoms with van der Waals surface area (Å²) in [5, 5.41) is 13.5. The van der Waals surface area contributed by atoms with Crippen molar-refractivity contribution in [1.82, 2.24) is 9.97 Å². The lowest BCUT2D eigenvalue weighted by Gasteiger charge is -2.42. The molecule has 0 unspecified atom stereocenters. The number of aromatic nitrogens is 2. The molecule has 1 atom stereocenters. The van der Waals surface area contributed by atoms with E-state index in [9.17, 15) is 9.32 Å². The molecule has 174 valence electrons. The van der Waals surface area contributed by atoms with Gasteiger partial charge in [-0.2, -0.15) is 9.97 Å². The summed E-state index contributed by atoms with van der Waals surface area (Å²) in [5.74, 6) is 5.78. The number of piperidine rings is 1. The Morgan fingerprint density at radius 3 is 2.55 bits per heavy atom. The van der Waals surface area contributed by atoms with E-state index in [0.29, 0.717) is 34.9 Å². The number of aliphatic hydroxyl groups excluding tert-OH is 1. The minimum Gasteiger partial charge on any atom is -0.394 e. The molecule has 1 saturated carbocycles. The van der Waals surface area contributed by atoms with Crippen LogP contribution in [0.3, 0.4) is 0 Å². The predicted octanol–water partition coefficient (Wildman–Crippen LogP) is 2.73. The third-order valence-corrected chi connectivity index (χ3v) is 8.75. The zero-order valence-electron chi connectivity index (χ0n) is 19.1. The van der Waals surface area contributed by atoms with Crippen molar-refractivity contribution >= 4 is 28.4 Å². The highest BCUT2D eigenvalue weighted by molar-refractivity contribution is 7.85. The fraction of sp³-hybridized carbons (Fsp3) is 0.520. The van der Waals surface area contributed by atoms with Gasteiger partial charge in [-0.1, -0.05) is 18.1 Å². The second-order valence-electron chi connectivity index (χ2n) is 9.44. The minimum absolute atomic E-state index is 0.0491. The number of fused-ring (bicyclic) bond motifs is 1. The largest absolute Gasteiger partial charge is 0.394 e. The molecule has 1 saturated heterocycles. The van der Waals surface area contributed by atoms with E-state index in [4.69, 9.17) is 16.4 Å². The summed E-state index contributed by atoms with van der Waals surface area (Å²) in [6.07, 6.45) is 10.4. The van der Waals surface area contributed by atoms with Gasteiger partial charge in [0.25, 0.3) is 0 Å². The highest BCUT2D eigenvalue weighted by Crippen LogP contribution is 2.40. The zero-order chi connectivity index (χ0) is 23.0. The summed E-state index contributed by atoms with van der Waals surface area (Å²) in [7, 11) is 0.841. The molecule has 2 aliphatic heterocycles. The van der Waals surface area contributed by atoms with Crippen LogP contribution in [0.1, 0.15) is 49.1 Å². The smallest absolute Gasteiger partial charge is 0.229 e. The molecular weight excluding hydrogens is 434 g/mol. The van der Waals surface area contributed by atoms with Crippen LogP contribution in [0, 0.1) is 12.3 Å². The second kappa shape index (κ2) is 8.96. The molecule has 8 heteroatoms. The molecule has 0 amide bonds. The van der Waals surface area contributed by atoms with Crippen molar-refractivity contribution in [3.05, 3.63) is 35.4 Å². The highest BCUT2D eigenvalue weighted by Gasteiger charge is 2.39. The minimum atomic E-state index is -1.15. The molecule has 2 N–H and O–H groups in total. The van der Waals surface area contributed by atoms with Crippen LogP contribution in [0.25, 0.3) is 0 Å². The Morgan fingerprint density at radius 2 is 1.94 bits per heavy atom.